The standard InChI is InChI=1S/C24H19BrF3N3O7/c1-35-19-6-4-14(10-20(19)36-2)23(32)30-29-12-13-8-16(25)22(21(9-13)37-3)38-18-7-5-15(24(26,27)28)11-17(18)31(33)34/h4-12H,1-3H3,(H,30,32)/b29-12+. The first kappa shape index (κ1) is 28.2. The summed E-state index contributed by atoms with van der Waals surface area (Å²) in [6.45, 7) is 0. The predicted molar refractivity (Wildman–Crippen MR) is 133 cm³/mol. The lowest BCUT2D eigenvalue weighted by Crippen LogP contribution is -2.17. The number of rotatable bonds is 9. The molecule has 0 heterocycles. The third-order valence-corrected chi connectivity index (χ3v) is 5.56. The van der Waals surface area contributed by atoms with Gasteiger partial charge in [0.05, 0.1) is 42.5 Å². The average molecular weight is 598 g/mol. The van der Waals surface area contributed by atoms with Crippen LogP contribution in [0, 0.1) is 10.1 Å². The van der Waals surface area contributed by atoms with Gasteiger partial charge in [0.15, 0.2) is 23.0 Å². The largest absolute Gasteiger partial charge is 0.493 e. The smallest absolute Gasteiger partial charge is 0.416 e. The van der Waals surface area contributed by atoms with Crippen molar-refractivity contribution >= 4 is 33.7 Å². The number of ether oxygens (including phenoxy) is 4. The SMILES string of the molecule is COc1ccc(C(=O)N/N=C/c2cc(Br)c(Oc3ccc(C(F)(F)F)cc3[N+](=O)[O-])c(OC)c2)cc1OC. The Hall–Kier alpha value is -4.33. The maximum Gasteiger partial charge on any atom is 0.416 e. The van der Waals surface area contributed by atoms with Crippen molar-refractivity contribution < 1.29 is 41.8 Å². The minimum atomic E-state index is -4.77. The van der Waals surface area contributed by atoms with Crippen molar-refractivity contribution in [1.29, 1.82) is 0 Å². The molecule has 0 aromatic heterocycles. The Morgan fingerprint density at radius 3 is 2.24 bits per heavy atom. The molecule has 0 aliphatic rings. The lowest BCUT2D eigenvalue weighted by Gasteiger charge is -2.14. The highest BCUT2D eigenvalue weighted by Crippen LogP contribution is 2.43. The second-order valence-electron chi connectivity index (χ2n) is 7.34. The van der Waals surface area contributed by atoms with Crippen molar-refractivity contribution in [3.8, 4) is 28.7 Å². The van der Waals surface area contributed by atoms with E-state index in [0.29, 0.717) is 29.2 Å². The minimum absolute atomic E-state index is 0.0260. The van der Waals surface area contributed by atoms with Gasteiger partial charge < -0.3 is 18.9 Å². The molecular formula is C24H19BrF3N3O7. The summed E-state index contributed by atoms with van der Waals surface area (Å²) >= 11 is 3.26. The van der Waals surface area contributed by atoms with Gasteiger partial charge in [-0.3, -0.25) is 14.9 Å². The van der Waals surface area contributed by atoms with E-state index in [-0.39, 0.29) is 21.5 Å². The molecule has 10 nitrogen and oxygen atoms in total. The Bertz CT molecular complexity index is 1400. The first-order chi connectivity index (χ1) is 18.0. The Morgan fingerprint density at radius 1 is 0.974 bits per heavy atom. The molecule has 0 atom stereocenters. The highest BCUT2D eigenvalue weighted by Gasteiger charge is 2.33. The first-order valence-corrected chi connectivity index (χ1v) is 11.2. The van der Waals surface area contributed by atoms with Crippen molar-refractivity contribution in [3.63, 3.8) is 0 Å². The molecule has 0 saturated carbocycles. The van der Waals surface area contributed by atoms with Crippen LogP contribution in [-0.2, 0) is 6.18 Å². The molecule has 0 aliphatic carbocycles. The second kappa shape index (κ2) is 11.8. The maximum atomic E-state index is 13.0. The van der Waals surface area contributed by atoms with E-state index < -0.39 is 34.0 Å². The fourth-order valence-corrected chi connectivity index (χ4v) is 3.69. The van der Waals surface area contributed by atoms with Gasteiger partial charge in [-0.2, -0.15) is 18.3 Å². The lowest BCUT2D eigenvalue weighted by molar-refractivity contribution is -0.385. The molecular weight excluding hydrogens is 579 g/mol. The van der Waals surface area contributed by atoms with Crippen molar-refractivity contribution in [3.05, 3.63) is 79.8 Å². The Balaban J connectivity index is 1.83. The zero-order valence-electron chi connectivity index (χ0n) is 20.0. The number of benzene rings is 3. The topological polar surface area (TPSA) is 122 Å². The first-order valence-electron chi connectivity index (χ1n) is 10.4. The number of hydrazone groups is 1. The fraction of sp³-hybridized carbons (Fsp3) is 0.167. The van der Waals surface area contributed by atoms with Crippen molar-refractivity contribution in [2.75, 3.05) is 21.3 Å². The summed E-state index contributed by atoms with van der Waals surface area (Å²) in [5, 5.41) is 15.3. The third-order valence-electron chi connectivity index (χ3n) is 4.97. The van der Waals surface area contributed by atoms with E-state index in [1.54, 1.807) is 6.07 Å². The molecule has 1 N–H and O–H groups in total. The van der Waals surface area contributed by atoms with Gasteiger partial charge in [0.1, 0.15) is 0 Å². The van der Waals surface area contributed by atoms with Gasteiger partial charge in [-0.1, -0.05) is 0 Å². The number of amides is 1. The fourth-order valence-electron chi connectivity index (χ4n) is 3.15. The number of nitrogens with one attached hydrogen (secondary N) is 1. The van der Waals surface area contributed by atoms with Gasteiger partial charge in [-0.25, -0.2) is 5.43 Å². The van der Waals surface area contributed by atoms with E-state index in [2.05, 4.69) is 26.5 Å². The van der Waals surface area contributed by atoms with Crippen LogP contribution in [-0.4, -0.2) is 38.4 Å². The van der Waals surface area contributed by atoms with Crippen LogP contribution in [0.3, 0.4) is 0 Å². The number of carbonyl (C=O) groups excluding carboxylic acids is 1. The normalized spacial score (nSPS) is 11.2. The van der Waals surface area contributed by atoms with E-state index in [0.717, 1.165) is 6.07 Å². The predicted octanol–water partition coefficient (Wildman–Crippen LogP) is 5.96. The number of hydrogen-bond acceptors (Lipinski definition) is 8. The van der Waals surface area contributed by atoms with Gasteiger partial charge in [-0.15, -0.1) is 0 Å². The number of methoxy groups -OCH3 is 3. The molecule has 3 aromatic carbocycles. The maximum absolute atomic E-state index is 13.0. The van der Waals surface area contributed by atoms with Crippen LogP contribution in [0.25, 0.3) is 0 Å². The van der Waals surface area contributed by atoms with Crippen LogP contribution in [0.15, 0.2) is 58.1 Å². The molecule has 0 spiro atoms. The van der Waals surface area contributed by atoms with Crippen molar-refractivity contribution in [2.45, 2.75) is 6.18 Å². The summed E-state index contributed by atoms with van der Waals surface area (Å²) in [5.74, 6) is -0.0772. The molecule has 14 heteroatoms. The monoisotopic (exact) mass is 597 g/mol. The number of nitrogens with zero attached hydrogens (tertiary/aromatic N) is 2. The van der Waals surface area contributed by atoms with Gasteiger partial charge in [-0.05, 0) is 64.0 Å². The van der Waals surface area contributed by atoms with Crippen LogP contribution in [0.2, 0.25) is 0 Å². The molecule has 200 valence electrons. The highest BCUT2D eigenvalue weighted by molar-refractivity contribution is 9.10. The van der Waals surface area contributed by atoms with E-state index in [4.69, 9.17) is 18.9 Å². The van der Waals surface area contributed by atoms with Gasteiger partial charge in [0, 0.05) is 11.6 Å². The number of carbonyl (C=O) groups is 1. The molecule has 0 bridgehead atoms. The molecule has 0 unspecified atom stereocenters. The molecule has 38 heavy (non-hydrogen) atoms. The highest BCUT2D eigenvalue weighted by atomic mass is 79.9. The number of halogens is 4. The summed E-state index contributed by atoms with van der Waals surface area (Å²) in [6.07, 6.45) is -3.46. The summed E-state index contributed by atoms with van der Waals surface area (Å²) in [5.41, 5.74) is 0.988. The average Bonchev–Trinajstić information content (AvgIpc) is 2.88. The Labute approximate surface area is 222 Å². The zero-order valence-corrected chi connectivity index (χ0v) is 21.5. The summed E-state index contributed by atoms with van der Waals surface area (Å²) in [7, 11) is 4.21. The van der Waals surface area contributed by atoms with Crippen LogP contribution >= 0.6 is 15.9 Å². The summed E-state index contributed by atoms with van der Waals surface area (Å²) < 4.78 is 60.4. The van der Waals surface area contributed by atoms with E-state index in [1.165, 1.54) is 51.8 Å². The van der Waals surface area contributed by atoms with E-state index in [1.807, 2.05) is 0 Å². The number of nitro benzene ring substituents is 1. The summed E-state index contributed by atoms with van der Waals surface area (Å²) in [4.78, 5) is 22.8. The molecule has 0 radical (unpaired) electrons. The molecule has 3 rings (SSSR count). The minimum Gasteiger partial charge on any atom is -0.493 e. The van der Waals surface area contributed by atoms with Crippen LogP contribution < -0.4 is 24.4 Å². The molecule has 3 aromatic rings. The third kappa shape index (κ3) is 6.51. The van der Waals surface area contributed by atoms with Crippen molar-refractivity contribution in [1.82, 2.24) is 5.43 Å². The number of nitro groups is 1. The Morgan fingerprint density at radius 2 is 1.63 bits per heavy atom. The van der Waals surface area contributed by atoms with Crippen LogP contribution in [0.5, 0.6) is 28.7 Å². The lowest BCUT2D eigenvalue weighted by atomic mass is 10.1. The zero-order chi connectivity index (χ0) is 28.0. The van der Waals surface area contributed by atoms with Gasteiger partial charge in [0.25, 0.3) is 5.91 Å². The summed E-state index contributed by atoms with van der Waals surface area (Å²) in [6, 6.07) is 9.43. The van der Waals surface area contributed by atoms with Gasteiger partial charge >= 0.3 is 11.9 Å². The second-order valence-corrected chi connectivity index (χ2v) is 8.20. The molecule has 0 fully saturated rings. The van der Waals surface area contributed by atoms with Gasteiger partial charge in [0.2, 0.25) is 5.75 Å². The van der Waals surface area contributed by atoms with E-state index >= 15 is 0 Å². The van der Waals surface area contributed by atoms with Crippen LogP contribution in [0.1, 0.15) is 21.5 Å². The molecule has 1 amide bonds. The number of hydrogen-bond donors (Lipinski definition) is 1. The van der Waals surface area contributed by atoms with E-state index in [9.17, 15) is 28.1 Å². The van der Waals surface area contributed by atoms with Crippen LogP contribution in [0.4, 0.5) is 18.9 Å². The molecule has 0 aliphatic heterocycles. The Kier molecular flexibility index (Phi) is 8.78. The quantitative estimate of drug-likeness (QED) is 0.183. The number of alkyl halides is 3. The molecule has 0 saturated heterocycles. The van der Waals surface area contributed by atoms with Crippen molar-refractivity contribution in [2.24, 2.45) is 5.10 Å².